The van der Waals surface area contributed by atoms with Gasteiger partial charge in [0.1, 0.15) is 0 Å². The molecule has 4 nitrogen and oxygen atoms in total. The first kappa shape index (κ1) is 21.6. The predicted octanol–water partition coefficient (Wildman–Crippen LogP) is -3.44. The van der Waals surface area contributed by atoms with Gasteiger partial charge in [-0.1, -0.05) is 0 Å². The van der Waals surface area contributed by atoms with Crippen molar-refractivity contribution in [3.05, 3.63) is 58.2 Å². The van der Waals surface area contributed by atoms with Crippen molar-refractivity contribution in [2.75, 3.05) is 6.54 Å². The molecule has 1 saturated heterocycles. The third-order valence-electron chi connectivity index (χ3n) is 5.37. The van der Waals surface area contributed by atoms with E-state index in [1.807, 2.05) is 6.20 Å². The van der Waals surface area contributed by atoms with Gasteiger partial charge in [-0.3, -0.25) is 0 Å². The number of fused-ring (bicyclic) bond motifs is 1. The molecule has 4 rings (SSSR count). The number of hydrogen-bond donors (Lipinski definition) is 2. The number of imidazole rings is 1. The number of aromatic nitrogens is 2. The number of halogens is 2. The van der Waals surface area contributed by atoms with Crippen LogP contribution in [0.4, 0.5) is 0 Å². The van der Waals surface area contributed by atoms with E-state index in [4.69, 9.17) is 0 Å². The summed E-state index contributed by atoms with van der Waals surface area (Å²) < 4.78 is 0.248. The minimum atomic E-state index is -0.473. The maximum absolute atomic E-state index is 13.4. The van der Waals surface area contributed by atoms with E-state index in [0.29, 0.717) is 6.42 Å². The molecule has 1 aromatic carbocycles. The zero-order valence-corrected chi connectivity index (χ0v) is 18.7. The van der Waals surface area contributed by atoms with Crippen LogP contribution in [-0.4, -0.2) is 27.8 Å². The third-order valence-corrected chi connectivity index (χ3v) is 6.85. The summed E-state index contributed by atoms with van der Waals surface area (Å²) in [5.41, 5.74) is 6.61. The van der Waals surface area contributed by atoms with Gasteiger partial charge in [0, 0.05) is 0 Å². The Kier molecular flexibility index (Phi) is 6.72. The van der Waals surface area contributed by atoms with Gasteiger partial charge >= 0.3 is 157 Å². The molecule has 0 saturated carbocycles. The minimum absolute atomic E-state index is 0. The molecule has 2 aliphatic rings. The number of ketones is 1. The van der Waals surface area contributed by atoms with Crippen LogP contribution in [0.3, 0.4) is 0 Å². The molecule has 0 spiro atoms. The summed E-state index contributed by atoms with van der Waals surface area (Å²) in [6.45, 7) is 5.18. The van der Waals surface area contributed by atoms with Gasteiger partial charge in [0.2, 0.25) is 0 Å². The fraction of sp³-hybridized carbons (Fsp3) is 0.368. The quantitative estimate of drug-likeness (QED) is 0.491. The molecule has 1 aromatic heterocycles. The van der Waals surface area contributed by atoms with E-state index in [2.05, 4.69) is 47.3 Å². The van der Waals surface area contributed by atoms with Crippen LogP contribution in [0.15, 0.2) is 30.2 Å². The molecule has 0 amide bonds. The zero-order valence-electron chi connectivity index (χ0n) is 14.7. The molecule has 2 atom stereocenters. The summed E-state index contributed by atoms with van der Waals surface area (Å²) in [5, 5.41) is 3.42. The second kappa shape index (κ2) is 8.10. The average molecular weight is 469 g/mol. The van der Waals surface area contributed by atoms with Gasteiger partial charge in [-0.25, -0.2) is 0 Å². The predicted molar refractivity (Wildman–Crippen MR) is 89.3 cm³/mol. The fourth-order valence-electron chi connectivity index (χ4n) is 3.84. The Morgan fingerprint density at radius 3 is 2.54 bits per heavy atom. The number of carbonyl (C=O) groups excluding carboxylic acids is 1. The average Bonchev–Trinajstić information content (AvgIpc) is 3.14. The van der Waals surface area contributed by atoms with Crippen LogP contribution >= 0.6 is 0 Å². The van der Waals surface area contributed by atoms with E-state index in [1.54, 1.807) is 6.33 Å². The Bertz CT molecular complexity index is 845. The van der Waals surface area contributed by atoms with E-state index in [9.17, 15) is 4.79 Å². The number of carbonyl (C=O) groups is 1. The first-order chi connectivity index (χ1) is 11.5. The zero-order chi connectivity index (χ0) is 16.9. The topological polar surface area (TPSA) is 57.8 Å². The van der Waals surface area contributed by atoms with Gasteiger partial charge < -0.3 is 24.8 Å². The van der Waals surface area contributed by atoms with Gasteiger partial charge in [-0.2, -0.15) is 0 Å². The Morgan fingerprint density at radius 2 is 2.00 bits per heavy atom. The summed E-state index contributed by atoms with van der Waals surface area (Å²) in [7, 11) is 0. The van der Waals surface area contributed by atoms with Crippen LogP contribution in [-0.2, 0) is 35.9 Å². The third kappa shape index (κ3) is 3.40. The van der Waals surface area contributed by atoms with Gasteiger partial charge in [0.05, 0.1) is 0 Å². The van der Waals surface area contributed by atoms with Gasteiger partial charge in [0.15, 0.2) is 0 Å². The number of nitrogens with zero attached hydrogens (tertiary/aromatic N) is 1. The van der Waals surface area contributed by atoms with Crippen LogP contribution < -0.4 is 30.1 Å². The second-order valence-corrected chi connectivity index (χ2v) is 8.30. The van der Waals surface area contributed by atoms with Crippen molar-refractivity contribution in [2.45, 2.75) is 35.9 Å². The van der Waals surface area contributed by atoms with Crippen LogP contribution in [0.1, 0.15) is 38.0 Å². The number of aryl methyl sites for hydroxylation is 2. The summed E-state index contributed by atoms with van der Waals surface area (Å²) in [6, 6.07) is 4.33. The molecule has 2 N–H and O–H groups in total. The van der Waals surface area contributed by atoms with Crippen LogP contribution in [0, 0.1) is 13.8 Å². The molecule has 26 heavy (non-hydrogen) atoms. The van der Waals surface area contributed by atoms with Crippen molar-refractivity contribution in [3.63, 3.8) is 0 Å². The largest absolute Gasteiger partial charge is 1.00 e. The molecule has 1 fully saturated rings. The number of rotatable bonds is 4. The van der Waals surface area contributed by atoms with Crippen molar-refractivity contribution >= 4 is 11.9 Å². The summed E-state index contributed by atoms with van der Waals surface area (Å²) in [6.07, 6.45) is 7.25. The number of nitrogens with one attached hydrogen (secondary N) is 2. The van der Waals surface area contributed by atoms with Crippen LogP contribution in [0.25, 0.3) is 6.08 Å². The SMILES string of the molecule is Cc1ccc(C)c2c1C=C(C(=O)[C@@]1(Cc3c[nH]cn3)CCN1)[CH]2[Zr+2].[Cl-].[Cl-]. The monoisotopic (exact) mass is 466 g/mol. The van der Waals surface area contributed by atoms with Gasteiger partial charge in [-0.15, -0.1) is 0 Å². The molecular formula is C19H20Cl2N3OZr. The summed E-state index contributed by atoms with van der Waals surface area (Å²) in [4.78, 5) is 20.7. The molecule has 135 valence electrons. The molecular weight excluding hydrogens is 448 g/mol. The number of aromatic amines is 1. The molecule has 1 aliphatic carbocycles. The van der Waals surface area contributed by atoms with Crippen molar-refractivity contribution < 1.29 is 54.3 Å². The number of H-pyrrole nitrogens is 1. The van der Waals surface area contributed by atoms with Crippen LogP contribution in [0.5, 0.6) is 0 Å². The maximum atomic E-state index is 13.4. The standard InChI is InChI=1S/C19H20N3O.2ClH.Zr/c1-12-3-4-13(2)17-8-14(7-16(12)17)18(23)19(5-6-22-19)9-15-10-20-11-21-15;;;/h3-4,7-8,10-11,22H,5-6,9H2,1-2H3,(H,20,21);2*1H;/q;;;+2/p-2/t19-;;;/m0.../s1. The van der Waals surface area contributed by atoms with Crippen molar-refractivity contribution in [3.8, 4) is 0 Å². The first-order valence-corrected chi connectivity index (χ1v) is 9.74. The van der Waals surface area contributed by atoms with Gasteiger partial charge in [-0.05, 0) is 0 Å². The van der Waals surface area contributed by atoms with E-state index < -0.39 is 5.54 Å². The van der Waals surface area contributed by atoms with Gasteiger partial charge in [0.25, 0.3) is 0 Å². The molecule has 2 aromatic rings. The number of Topliss-reactive ketones (excluding diaryl/α,β-unsaturated/α-hetero) is 1. The molecule has 7 heteroatoms. The van der Waals surface area contributed by atoms with E-state index in [1.165, 1.54) is 47.0 Å². The summed E-state index contributed by atoms with van der Waals surface area (Å²) in [5.74, 6) is 0.258. The second-order valence-electron chi connectivity index (χ2n) is 6.88. The van der Waals surface area contributed by atoms with Crippen LogP contribution in [0.2, 0.25) is 0 Å². The number of benzene rings is 1. The van der Waals surface area contributed by atoms with Crippen molar-refractivity contribution in [1.82, 2.24) is 15.3 Å². The summed E-state index contributed by atoms with van der Waals surface area (Å²) >= 11 is 1.38. The molecule has 0 radical (unpaired) electrons. The molecule has 0 bridgehead atoms. The minimum Gasteiger partial charge on any atom is -1.00 e. The van der Waals surface area contributed by atoms with Crippen molar-refractivity contribution in [2.24, 2.45) is 0 Å². The first-order valence-electron chi connectivity index (χ1n) is 8.32. The smallest absolute Gasteiger partial charge is 1.00 e. The van der Waals surface area contributed by atoms with E-state index in [-0.39, 0.29) is 34.2 Å². The normalized spacial score (nSPS) is 23.2. The number of hydrogen-bond acceptors (Lipinski definition) is 3. The Labute approximate surface area is 181 Å². The van der Waals surface area contributed by atoms with Crippen molar-refractivity contribution in [1.29, 1.82) is 0 Å². The molecule has 1 aliphatic heterocycles. The van der Waals surface area contributed by atoms with E-state index >= 15 is 0 Å². The maximum Gasteiger partial charge on any atom is -1.00 e. The Morgan fingerprint density at radius 1 is 1.31 bits per heavy atom. The fourth-order valence-corrected chi connectivity index (χ4v) is 5.31. The Hall–Kier alpha value is -0.737. The Balaban J connectivity index is 0.00000121. The van der Waals surface area contributed by atoms with E-state index in [0.717, 1.165) is 24.2 Å². The molecule has 2 heterocycles. The molecule has 1 unspecified atom stereocenters.